The van der Waals surface area contributed by atoms with Gasteiger partial charge in [0.25, 0.3) is 0 Å². The number of nitriles is 2. The van der Waals surface area contributed by atoms with E-state index in [1.54, 1.807) is 87.5 Å². The maximum Gasteiger partial charge on any atom is 0.241 e. The number of pyridine rings is 2. The van der Waals surface area contributed by atoms with Crippen molar-refractivity contribution < 1.29 is 16.8 Å². The molecule has 16 heteroatoms. The highest BCUT2D eigenvalue weighted by Crippen LogP contribution is 2.28. The minimum Gasteiger partial charge on any atom is -0.244 e. The fourth-order valence-electron chi connectivity index (χ4n) is 6.65. The molecule has 328 valence electrons. The van der Waals surface area contributed by atoms with Gasteiger partial charge in [-0.05, 0) is 120 Å². The van der Waals surface area contributed by atoms with Gasteiger partial charge in [0, 0.05) is 39.2 Å². The standard InChI is InChI=1S/C27H25N5O2S.C23H17N5O2S/c1-18-15-25(20-13-11-19(17-28)12-14-20)31-26(29-18)24-10-6-9-23(30-24)21-7-5-8-22(16-21)35(33,34)32-27(2,3)4;1-15-12-22(17-10-8-16(14-24)9-11-17)28-23(26-15)21-7-3-6-20(27-21)18-4-2-5-19(13-18)31(25,29)30/h5-16,32H,1-4H3;2-13H,1H3,(H2,25,29,30). The summed E-state index contributed by atoms with van der Waals surface area (Å²) in [5.74, 6) is 0.910. The minimum absolute atomic E-state index is 0.0205. The van der Waals surface area contributed by atoms with E-state index in [4.69, 9.17) is 25.6 Å². The first-order valence-corrected chi connectivity index (χ1v) is 23.4. The largest absolute Gasteiger partial charge is 0.244 e. The van der Waals surface area contributed by atoms with Gasteiger partial charge >= 0.3 is 0 Å². The first kappa shape index (κ1) is 46.1. The third-order valence-electron chi connectivity index (χ3n) is 9.62. The average molecular weight is 911 g/mol. The third-order valence-corrected chi connectivity index (χ3v) is 12.3. The first-order chi connectivity index (χ1) is 31.4. The minimum atomic E-state index is -3.82. The molecule has 0 aliphatic carbocycles. The number of aryl methyl sites for hydroxylation is 2. The molecule has 14 nitrogen and oxygen atoms in total. The molecule has 0 aliphatic rings. The molecule has 0 spiro atoms. The van der Waals surface area contributed by atoms with Crippen LogP contribution in [0.2, 0.25) is 0 Å². The number of aromatic nitrogens is 6. The SMILES string of the molecule is Cc1cc(-c2ccc(C#N)cc2)nc(-c2cccc(-c3cccc(S(=O)(=O)NC(C)(C)C)c3)n2)n1.Cc1cc(-c2ccc(C#N)cc2)nc(-c2cccc(-c3cccc(S(N)(=O)=O)c3)n2)n1. The molecule has 0 saturated carbocycles. The summed E-state index contributed by atoms with van der Waals surface area (Å²) >= 11 is 0. The Kier molecular flexibility index (Phi) is 13.3. The van der Waals surface area contributed by atoms with E-state index < -0.39 is 25.6 Å². The van der Waals surface area contributed by atoms with Gasteiger partial charge in [0.1, 0.15) is 11.4 Å². The molecule has 8 rings (SSSR count). The van der Waals surface area contributed by atoms with E-state index in [9.17, 15) is 16.8 Å². The van der Waals surface area contributed by atoms with Crippen molar-refractivity contribution in [1.29, 1.82) is 10.5 Å². The molecule has 0 radical (unpaired) electrons. The zero-order chi connectivity index (χ0) is 47.2. The van der Waals surface area contributed by atoms with Crippen LogP contribution in [0, 0.1) is 36.5 Å². The molecule has 4 aromatic heterocycles. The number of sulfonamides is 2. The van der Waals surface area contributed by atoms with Crippen molar-refractivity contribution in [3.63, 3.8) is 0 Å². The van der Waals surface area contributed by atoms with E-state index in [0.29, 0.717) is 56.7 Å². The van der Waals surface area contributed by atoms with Gasteiger partial charge in [0.15, 0.2) is 11.6 Å². The molecule has 0 bridgehead atoms. The van der Waals surface area contributed by atoms with Gasteiger partial charge in [-0.2, -0.15) is 10.5 Å². The van der Waals surface area contributed by atoms with Crippen LogP contribution in [0.1, 0.15) is 43.3 Å². The van der Waals surface area contributed by atoms with Gasteiger partial charge in [-0.1, -0.05) is 60.7 Å². The Bertz CT molecular complexity index is 3420. The smallest absolute Gasteiger partial charge is 0.241 e. The summed E-state index contributed by atoms with van der Waals surface area (Å²) in [6.45, 7) is 9.16. The Hall–Kier alpha value is -7.86. The van der Waals surface area contributed by atoms with Crippen LogP contribution in [0.25, 0.3) is 68.1 Å². The number of nitrogens with zero attached hydrogens (tertiary/aromatic N) is 8. The normalized spacial score (nSPS) is 11.5. The van der Waals surface area contributed by atoms with Crippen LogP contribution in [0.5, 0.6) is 0 Å². The monoisotopic (exact) mass is 910 g/mol. The van der Waals surface area contributed by atoms with Crippen molar-refractivity contribution in [2.24, 2.45) is 5.14 Å². The van der Waals surface area contributed by atoms with Crippen molar-refractivity contribution in [1.82, 2.24) is 34.6 Å². The Balaban J connectivity index is 0.000000198. The van der Waals surface area contributed by atoms with Crippen molar-refractivity contribution in [3.05, 3.63) is 168 Å². The van der Waals surface area contributed by atoms with Gasteiger partial charge in [0.05, 0.1) is 55.8 Å². The third kappa shape index (κ3) is 11.4. The molecule has 0 amide bonds. The quantitative estimate of drug-likeness (QED) is 0.138. The summed E-state index contributed by atoms with van der Waals surface area (Å²) in [6.07, 6.45) is 0. The van der Waals surface area contributed by atoms with E-state index in [1.165, 1.54) is 12.1 Å². The molecule has 0 atom stereocenters. The van der Waals surface area contributed by atoms with Crippen molar-refractivity contribution in [3.8, 4) is 80.2 Å². The number of nitrogens with one attached hydrogen (secondary N) is 1. The second-order valence-corrected chi connectivity index (χ2v) is 19.3. The Morgan fingerprint density at radius 2 is 0.864 bits per heavy atom. The molecule has 0 aliphatic heterocycles. The van der Waals surface area contributed by atoms with E-state index in [0.717, 1.165) is 33.9 Å². The predicted octanol–water partition coefficient (Wildman–Crippen LogP) is 8.83. The van der Waals surface area contributed by atoms with Gasteiger partial charge in [-0.3, -0.25) is 0 Å². The number of hydrogen-bond acceptors (Lipinski definition) is 12. The van der Waals surface area contributed by atoms with Crippen LogP contribution in [0.4, 0.5) is 0 Å². The molecular weight excluding hydrogens is 869 g/mol. The van der Waals surface area contributed by atoms with Crippen molar-refractivity contribution in [2.75, 3.05) is 0 Å². The van der Waals surface area contributed by atoms with Gasteiger partial charge in [-0.15, -0.1) is 0 Å². The molecular formula is C50H42N10O4S2. The molecule has 66 heavy (non-hydrogen) atoms. The molecule has 8 aromatic rings. The number of primary sulfonamides is 1. The molecule has 0 saturated heterocycles. The zero-order valence-electron chi connectivity index (χ0n) is 36.5. The van der Waals surface area contributed by atoms with Crippen LogP contribution in [-0.4, -0.2) is 52.3 Å². The summed E-state index contributed by atoms with van der Waals surface area (Å²) in [7, 11) is -7.50. The van der Waals surface area contributed by atoms with Crippen LogP contribution >= 0.6 is 0 Å². The van der Waals surface area contributed by atoms with Crippen molar-refractivity contribution >= 4 is 20.0 Å². The zero-order valence-corrected chi connectivity index (χ0v) is 38.1. The highest BCUT2D eigenvalue weighted by atomic mass is 32.2. The van der Waals surface area contributed by atoms with Gasteiger partial charge < -0.3 is 0 Å². The number of benzene rings is 4. The second-order valence-electron chi connectivity index (χ2n) is 16.1. The van der Waals surface area contributed by atoms with Gasteiger partial charge in [-0.25, -0.2) is 56.6 Å². The first-order valence-electron chi connectivity index (χ1n) is 20.3. The second kappa shape index (κ2) is 19.1. The lowest BCUT2D eigenvalue weighted by Gasteiger charge is -2.20. The summed E-state index contributed by atoms with van der Waals surface area (Å²) in [4.78, 5) is 28.0. The van der Waals surface area contributed by atoms with E-state index >= 15 is 0 Å². The van der Waals surface area contributed by atoms with Crippen LogP contribution in [-0.2, 0) is 20.0 Å². The fourth-order valence-corrected chi connectivity index (χ4v) is 8.67. The summed E-state index contributed by atoms with van der Waals surface area (Å²) in [5.41, 5.74) is 8.89. The van der Waals surface area contributed by atoms with E-state index in [1.807, 2.05) is 80.6 Å². The molecule has 0 fully saturated rings. The van der Waals surface area contributed by atoms with Gasteiger partial charge in [0.2, 0.25) is 20.0 Å². The molecule has 0 unspecified atom stereocenters. The van der Waals surface area contributed by atoms with E-state index in [-0.39, 0.29) is 9.79 Å². The lowest BCUT2D eigenvalue weighted by Crippen LogP contribution is -2.40. The highest BCUT2D eigenvalue weighted by Gasteiger charge is 2.23. The molecule has 3 N–H and O–H groups in total. The van der Waals surface area contributed by atoms with Crippen LogP contribution in [0.3, 0.4) is 0 Å². The van der Waals surface area contributed by atoms with E-state index in [2.05, 4.69) is 36.8 Å². The van der Waals surface area contributed by atoms with Crippen LogP contribution < -0.4 is 9.86 Å². The summed E-state index contributed by atoms with van der Waals surface area (Å²) < 4.78 is 51.6. The predicted molar refractivity (Wildman–Crippen MR) is 253 cm³/mol. The molecule has 4 heterocycles. The number of nitrogens with two attached hydrogens (primary N) is 1. The molecule has 4 aromatic carbocycles. The Morgan fingerprint density at radius 3 is 1.27 bits per heavy atom. The average Bonchev–Trinajstić information content (AvgIpc) is 3.30. The Morgan fingerprint density at radius 1 is 0.470 bits per heavy atom. The Labute approximate surface area is 383 Å². The maximum atomic E-state index is 12.8. The highest BCUT2D eigenvalue weighted by molar-refractivity contribution is 7.89. The van der Waals surface area contributed by atoms with Crippen molar-refractivity contribution in [2.45, 2.75) is 49.9 Å². The lowest BCUT2D eigenvalue weighted by atomic mass is 10.1. The summed E-state index contributed by atoms with van der Waals surface area (Å²) in [5, 5.41) is 23.3. The number of rotatable bonds is 9. The summed E-state index contributed by atoms with van der Waals surface area (Å²) in [6, 6.07) is 46.2. The van der Waals surface area contributed by atoms with Crippen LogP contribution in [0.15, 0.2) is 155 Å². The number of hydrogen-bond donors (Lipinski definition) is 2. The topological polar surface area (TPSA) is 231 Å². The fraction of sp³-hybridized carbons (Fsp3) is 0.120. The lowest BCUT2D eigenvalue weighted by molar-refractivity contribution is 0.491. The maximum absolute atomic E-state index is 12.8.